The Hall–Kier alpha value is -1.23. The first kappa shape index (κ1) is 14.2. The summed E-state index contributed by atoms with van der Waals surface area (Å²) in [4.78, 5) is 2.33. The predicted molar refractivity (Wildman–Crippen MR) is 81.9 cm³/mol. The van der Waals surface area contributed by atoms with E-state index in [-0.39, 0.29) is 5.84 Å². The molecule has 1 fully saturated rings. The number of hydrogen-bond acceptors (Lipinski definition) is 3. The van der Waals surface area contributed by atoms with Gasteiger partial charge in [0, 0.05) is 23.2 Å². The molecule has 2 rings (SSSR count). The molecule has 0 radical (unpaired) electrons. The number of oxime groups is 1. The fraction of sp³-hybridized carbons (Fsp3) is 0.500. The average Bonchev–Trinajstić information content (AvgIpc) is 2.62. The minimum atomic E-state index is 0.153. The van der Waals surface area contributed by atoms with Gasteiger partial charge in [-0.25, -0.2) is 0 Å². The van der Waals surface area contributed by atoms with Crippen molar-refractivity contribution in [1.82, 2.24) is 0 Å². The molecule has 1 heterocycles. The summed E-state index contributed by atoms with van der Waals surface area (Å²) in [7, 11) is 0. The van der Waals surface area contributed by atoms with Gasteiger partial charge in [-0.15, -0.1) is 0 Å². The van der Waals surface area contributed by atoms with Gasteiger partial charge in [0.05, 0.1) is 5.56 Å². The van der Waals surface area contributed by atoms with Gasteiger partial charge in [-0.05, 0) is 53.2 Å². The molecule has 0 aliphatic carbocycles. The number of halogens is 1. The molecule has 1 unspecified atom stereocenters. The van der Waals surface area contributed by atoms with E-state index in [1.54, 1.807) is 0 Å². The Bertz CT molecular complexity index is 476. The molecule has 3 N–H and O–H groups in total. The van der Waals surface area contributed by atoms with Gasteiger partial charge in [-0.2, -0.15) is 0 Å². The van der Waals surface area contributed by atoms with Crippen LogP contribution in [0.2, 0.25) is 0 Å². The molecule has 19 heavy (non-hydrogen) atoms. The molecule has 0 aromatic heterocycles. The van der Waals surface area contributed by atoms with Crippen LogP contribution >= 0.6 is 15.9 Å². The summed E-state index contributed by atoms with van der Waals surface area (Å²) >= 11 is 3.49. The number of nitrogens with two attached hydrogens (primary N) is 1. The molecule has 104 valence electrons. The zero-order valence-corrected chi connectivity index (χ0v) is 12.7. The Morgan fingerprint density at radius 2 is 2.21 bits per heavy atom. The van der Waals surface area contributed by atoms with Crippen molar-refractivity contribution in [3.63, 3.8) is 0 Å². The summed E-state index contributed by atoms with van der Waals surface area (Å²) in [6.45, 7) is 4.34. The maximum Gasteiger partial charge on any atom is 0.173 e. The molecule has 1 saturated heterocycles. The molecule has 0 bridgehead atoms. The Morgan fingerprint density at radius 1 is 1.42 bits per heavy atom. The van der Waals surface area contributed by atoms with Crippen molar-refractivity contribution in [2.45, 2.75) is 26.2 Å². The molecule has 0 saturated carbocycles. The molecular formula is C14H20BrN3O. The maximum absolute atomic E-state index is 8.96. The summed E-state index contributed by atoms with van der Waals surface area (Å²) in [6.07, 6.45) is 3.63. The Kier molecular flexibility index (Phi) is 4.69. The first-order valence-electron chi connectivity index (χ1n) is 6.65. The highest BCUT2D eigenvalue weighted by atomic mass is 79.9. The summed E-state index contributed by atoms with van der Waals surface area (Å²) in [5, 5.41) is 12.1. The molecule has 4 nitrogen and oxygen atoms in total. The van der Waals surface area contributed by atoms with E-state index in [0.717, 1.165) is 34.7 Å². The largest absolute Gasteiger partial charge is 0.409 e. The van der Waals surface area contributed by atoms with Gasteiger partial charge in [0.15, 0.2) is 5.84 Å². The zero-order chi connectivity index (χ0) is 13.8. The molecule has 1 aromatic rings. The Balaban J connectivity index is 2.36. The highest BCUT2D eigenvalue weighted by Crippen LogP contribution is 2.30. The minimum absolute atomic E-state index is 0.153. The van der Waals surface area contributed by atoms with Crippen molar-refractivity contribution < 1.29 is 5.21 Å². The monoisotopic (exact) mass is 325 g/mol. The average molecular weight is 326 g/mol. The van der Waals surface area contributed by atoms with Crippen molar-refractivity contribution in [3.05, 3.63) is 28.2 Å². The van der Waals surface area contributed by atoms with Crippen molar-refractivity contribution in [3.8, 4) is 0 Å². The number of hydrogen-bond donors (Lipinski definition) is 2. The van der Waals surface area contributed by atoms with Crippen molar-refractivity contribution in [1.29, 1.82) is 0 Å². The van der Waals surface area contributed by atoms with E-state index in [0.29, 0.717) is 0 Å². The van der Waals surface area contributed by atoms with Crippen LogP contribution in [0.3, 0.4) is 0 Å². The van der Waals surface area contributed by atoms with Gasteiger partial charge in [-0.3, -0.25) is 0 Å². The summed E-state index contributed by atoms with van der Waals surface area (Å²) < 4.78 is 0.859. The molecule has 1 aliphatic rings. The van der Waals surface area contributed by atoms with Gasteiger partial charge in [0.2, 0.25) is 0 Å². The fourth-order valence-electron chi connectivity index (χ4n) is 2.58. The molecule has 1 aromatic carbocycles. The Labute approximate surface area is 122 Å². The SMILES string of the molecule is CC1CCCN(c2cccc(Br)c2/C(N)=N/O)CC1. The first-order chi connectivity index (χ1) is 9.13. The second kappa shape index (κ2) is 6.28. The van der Waals surface area contributed by atoms with E-state index in [1.165, 1.54) is 19.3 Å². The van der Waals surface area contributed by atoms with Crippen LogP contribution < -0.4 is 10.6 Å². The van der Waals surface area contributed by atoms with Crippen LogP contribution in [0.15, 0.2) is 27.8 Å². The van der Waals surface area contributed by atoms with E-state index in [4.69, 9.17) is 10.9 Å². The van der Waals surface area contributed by atoms with E-state index in [9.17, 15) is 0 Å². The number of amidine groups is 1. The third-order valence-corrected chi connectivity index (χ3v) is 4.37. The van der Waals surface area contributed by atoms with E-state index in [2.05, 4.69) is 32.9 Å². The lowest BCUT2D eigenvalue weighted by molar-refractivity contribution is 0.318. The number of nitrogens with zero attached hydrogens (tertiary/aromatic N) is 2. The van der Waals surface area contributed by atoms with Gasteiger partial charge in [0.1, 0.15) is 0 Å². The third-order valence-electron chi connectivity index (χ3n) is 3.71. The number of rotatable bonds is 2. The van der Waals surface area contributed by atoms with Crippen LogP contribution in [0, 0.1) is 5.92 Å². The van der Waals surface area contributed by atoms with Crippen LogP contribution in [0.5, 0.6) is 0 Å². The first-order valence-corrected chi connectivity index (χ1v) is 7.44. The zero-order valence-electron chi connectivity index (χ0n) is 11.1. The lowest BCUT2D eigenvalue weighted by Crippen LogP contribution is -2.28. The van der Waals surface area contributed by atoms with Gasteiger partial charge in [-0.1, -0.05) is 18.1 Å². The standard InChI is InChI=1S/C14H20BrN3O/c1-10-4-3-8-18(9-7-10)12-6-2-5-11(15)13(12)14(16)17-19/h2,5-6,10,19H,3-4,7-9H2,1H3,(H2,16,17). The van der Waals surface area contributed by atoms with Crippen LogP contribution in [-0.2, 0) is 0 Å². The number of benzene rings is 1. The lowest BCUT2D eigenvalue weighted by Gasteiger charge is -2.25. The molecular weight excluding hydrogens is 306 g/mol. The molecule has 0 amide bonds. The van der Waals surface area contributed by atoms with Crippen LogP contribution in [0.25, 0.3) is 0 Å². The Morgan fingerprint density at radius 3 is 2.95 bits per heavy atom. The van der Waals surface area contributed by atoms with Crippen LogP contribution in [0.4, 0.5) is 5.69 Å². The number of anilines is 1. The molecule has 0 spiro atoms. The van der Waals surface area contributed by atoms with Gasteiger partial charge in [0.25, 0.3) is 0 Å². The van der Waals surface area contributed by atoms with Crippen molar-refractivity contribution in [2.24, 2.45) is 16.8 Å². The van der Waals surface area contributed by atoms with Crippen molar-refractivity contribution >= 4 is 27.5 Å². The summed E-state index contributed by atoms with van der Waals surface area (Å²) in [5.41, 5.74) is 7.63. The van der Waals surface area contributed by atoms with Crippen LogP contribution in [-0.4, -0.2) is 24.1 Å². The third kappa shape index (κ3) is 3.21. The smallest absolute Gasteiger partial charge is 0.173 e. The summed E-state index contributed by atoms with van der Waals surface area (Å²) in [5.74, 6) is 0.921. The molecule has 1 aliphatic heterocycles. The highest BCUT2D eigenvalue weighted by Gasteiger charge is 2.19. The van der Waals surface area contributed by atoms with E-state index < -0.39 is 0 Å². The molecule has 5 heteroatoms. The minimum Gasteiger partial charge on any atom is -0.409 e. The van der Waals surface area contributed by atoms with E-state index >= 15 is 0 Å². The van der Waals surface area contributed by atoms with Gasteiger partial charge < -0.3 is 15.8 Å². The highest BCUT2D eigenvalue weighted by molar-refractivity contribution is 9.10. The summed E-state index contributed by atoms with van der Waals surface area (Å²) in [6, 6.07) is 5.94. The maximum atomic E-state index is 8.96. The van der Waals surface area contributed by atoms with Crippen LogP contribution in [0.1, 0.15) is 31.7 Å². The lowest BCUT2D eigenvalue weighted by atomic mass is 10.0. The second-order valence-electron chi connectivity index (χ2n) is 5.14. The van der Waals surface area contributed by atoms with E-state index in [1.807, 2.05) is 18.2 Å². The normalized spacial score (nSPS) is 21.3. The quantitative estimate of drug-likeness (QED) is 0.380. The van der Waals surface area contributed by atoms with Crippen molar-refractivity contribution in [2.75, 3.05) is 18.0 Å². The second-order valence-corrected chi connectivity index (χ2v) is 6.00. The van der Waals surface area contributed by atoms with Gasteiger partial charge >= 0.3 is 0 Å². The fourth-order valence-corrected chi connectivity index (χ4v) is 3.14. The molecule has 1 atom stereocenters. The topological polar surface area (TPSA) is 61.8 Å². The predicted octanol–water partition coefficient (Wildman–Crippen LogP) is 3.17.